The Balaban J connectivity index is 0.00000112. The predicted octanol–water partition coefficient (Wildman–Crippen LogP) is 2.52. The quantitative estimate of drug-likeness (QED) is 0.770. The maximum atomic E-state index is 5.71. The van der Waals surface area contributed by atoms with Crippen molar-refractivity contribution in [3.8, 4) is 0 Å². The second-order valence-corrected chi connectivity index (χ2v) is 4.38. The number of fused-ring (bicyclic) bond motifs is 1. The molecule has 1 aromatic heterocycles. The highest BCUT2D eigenvalue weighted by molar-refractivity contribution is 7.80. The molecule has 1 heterocycles. The van der Waals surface area contributed by atoms with Gasteiger partial charge in [-0.1, -0.05) is 18.3 Å². The van der Waals surface area contributed by atoms with E-state index in [1.165, 1.54) is 17.5 Å². The van der Waals surface area contributed by atoms with Crippen molar-refractivity contribution in [2.45, 2.75) is 32.1 Å². The SMILES string of the molecule is Cc1cnc2c(c1)CCCC2C(N)=S.Cl. The van der Waals surface area contributed by atoms with Gasteiger partial charge in [-0.3, -0.25) is 4.98 Å². The Hall–Kier alpha value is -0.670. The molecular weight excluding hydrogens is 228 g/mol. The molecule has 0 saturated heterocycles. The topological polar surface area (TPSA) is 38.9 Å². The van der Waals surface area contributed by atoms with Gasteiger partial charge in [0.05, 0.1) is 16.6 Å². The molecule has 1 atom stereocenters. The molecule has 1 unspecified atom stereocenters. The summed E-state index contributed by atoms with van der Waals surface area (Å²) in [5.74, 6) is 0.203. The Kier molecular flexibility index (Phi) is 4.05. The van der Waals surface area contributed by atoms with Crippen molar-refractivity contribution in [2.75, 3.05) is 0 Å². The lowest BCUT2D eigenvalue weighted by Crippen LogP contribution is -2.24. The van der Waals surface area contributed by atoms with Crippen molar-refractivity contribution in [1.82, 2.24) is 4.98 Å². The first-order valence-electron chi connectivity index (χ1n) is 4.93. The summed E-state index contributed by atoms with van der Waals surface area (Å²) in [6.07, 6.45) is 5.23. The molecular formula is C11H15ClN2S. The van der Waals surface area contributed by atoms with Gasteiger partial charge in [-0.25, -0.2) is 0 Å². The van der Waals surface area contributed by atoms with E-state index in [0.717, 1.165) is 18.5 Å². The highest BCUT2D eigenvalue weighted by Crippen LogP contribution is 2.30. The van der Waals surface area contributed by atoms with Gasteiger partial charge in [0.1, 0.15) is 0 Å². The van der Waals surface area contributed by atoms with E-state index in [-0.39, 0.29) is 18.3 Å². The predicted molar refractivity (Wildman–Crippen MR) is 68.7 cm³/mol. The van der Waals surface area contributed by atoms with Crippen molar-refractivity contribution < 1.29 is 0 Å². The van der Waals surface area contributed by atoms with Gasteiger partial charge in [0.15, 0.2) is 0 Å². The molecule has 4 heteroatoms. The fourth-order valence-electron chi connectivity index (χ4n) is 2.06. The van der Waals surface area contributed by atoms with Crippen LogP contribution in [-0.2, 0) is 6.42 Å². The first-order valence-corrected chi connectivity index (χ1v) is 5.34. The van der Waals surface area contributed by atoms with Gasteiger partial charge in [0.25, 0.3) is 0 Å². The zero-order chi connectivity index (χ0) is 10.1. The van der Waals surface area contributed by atoms with Crippen molar-refractivity contribution in [3.05, 3.63) is 29.1 Å². The molecule has 1 aliphatic rings. The first kappa shape index (κ1) is 12.4. The average molecular weight is 243 g/mol. The number of nitrogens with two attached hydrogens (primary N) is 1. The highest BCUT2D eigenvalue weighted by Gasteiger charge is 2.23. The molecule has 82 valence electrons. The van der Waals surface area contributed by atoms with Gasteiger partial charge in [0, 0.05) is 6.20 Å². The summed E-state index contributed by atoms with van der Waals surface area (Å²) in [5.41, 5.74) is 9.36. The summed E-state index contributed by atoms with van der Waals surface area (Å²) in [5, 5.41) is 0. The van der Waals surface area contributed by atoms with Gasteiger partial charge in [-0.05, 0) is 37.3 Å². The first-order chi connectivity index (χ1) is 6.68. The van der Waals surface area contributed by atoms with Crippen LogP contribution in [0.3, 0.4) is 0 Å². The molecule has 2 N–H and O–H groups in total. The molecule has 0 fully saturated rings. The fraction of sp³-hybridized carbons (Fsp3) is 0.455. The third-order valence-electron chi connectivity index (χ3n) is 2.75. The Morgan fingerprint density at radius 1 is 1.60 bits per heavy atom. The van der Waals surface area contributed by atoms with E-state index < -0.39 is 0 Å². The molecule has 1 aromatic rings. The molecule has 0 spiro atoms. The lowest BCUT2D eigenvalue weighted by molar-refractivity contribution is 0.632. The molecule has 2 rings (SSSR count). The number of hydrogen-bond acceptors (Lipinski definition) is 2. The number of pyridine rings is 1. The molecule has 15 heavy (non-hydrogen) atoms. The van der Waals surface area contributed by atoms with Crippen molar-refractivity contribution in [3.63, 3.8) is 0 Å². The monoisotopic (exact) mass is 242 g/mol. The maximum absolute atomic E-state index is 5.71. The standard InChI is InChI=1S/C11H14N2S.ClH/c1-7-5-8-3-2-4-9(11(12)14)10(8)13-6-7;/h5-6,9H,2-4H2,1H3,(H2,12,14);1H. The molecule has 2 nitrogen and oxygen atoms in total. The summed E-state index contributed by atoms with van der Waals surface area (Å²) in [7, 11) is 0. The number of thiocarbonyl (C=S) groups is 1. The molecule has 0 amide bonds. The van der Waals surface area contributed by atoms with E-state index in [1.807, 2.05) is 6.20 Å². The number of halogens is 1. The van der Waals surface area contributed by atoms with Crippen molar-refractivity contribution in [1.29, 1.82) is 0 Å². The molecule has 0 saturated carbocycles. The largest absolute Gasteiger partial charge is 0.393 e. The normalized spacial score (nSPS) is 18.9. The second-order valence-electron chi connectivity index (χ2n) is 3.90. The second kappa shape index (κ2) is 4.90. The van der Waals surface area contributed by atoms with Gasteiger partial charge in [-0.2, -0.15) is 0 Å². The van der Waals surface area contributed by atoms with E-state index in [1.54, 1.807) is 0 Å². The Labute approximate surface area is 102 Å². The Bertz CT molecular complexity index is 379. The Morgan fingerprint density at radius 3 is 3.00 bits per heavy atom. The number of rotatable bonds is 1. The number of nitrogens with zero attached hydrogens (tertiary/aromatic N) is 1. The van der Waals surface area contributed by atoms with E-state index in [0.29, 0.717) is 4.99 Å². The van der Waals surface area contributed by atoms with Crippen LogP contribution in [-0.4, -0.2) is 9.97 Å². The minimum absolute atomic E-state index is 0. The third-order valence-corrected chi connectivity index (χ3v) is 3.04. The summed E-state index contributed by atoms with van der Waals surface area (Å²) in [6.45, 7) is 2.07. The van der Waals surface area contributed by atoms with Crippen molar-refractivity contribution >= 4 is 29.6 Å². The van der Waals surface area contributed by atoms with E-state index >= 15 is 0 Å². The third kappa shape index (κ3) is 2.47. The average Bonchev–Trinajstić information content (AvgIpc) is 2.16. The number of aromatic nitrogens is 1. The highest BCUT2D eigenvalue weighted by atomic mass is 35.5. The lowest BCUT2D eigenvalue weighted by atomic mass is 9.86. The summed E-state index contributed by atoms with van der Waals surface area (Å²) < 4.78 is 0. The smallest absolute Gasteiger partial charge is 0.0819 e. The summed E-state index contributed by atoms with van der Waals surface area (Å²) >= 11 is 5.06. The zero-order valence-corrected chi connectivity index (χ0v) is 10.3. The van der Waals surface area contributed by atoms with Gasteiger partial charge in [-0.15, -0.1) is 12.4 Å². The van der Waals surface area contributed by atoms with Crippen LogP contribution in [0.2, 0.25) is 0 Å². The van der Waals surface area contributed by atoms with Crippen LogP contribution >= 0.6 is 24.6 Å². The van der Waals surface area contributed by atoms with E-state index in [2.05, 4.69) is 18.0 Å². The zero-order valence-electron chi connectivity index (χ0n) is 8.69. The van der Waals surface area contributed by atoms with Crippen LogP contribution in [0, 0.1) is 6.92 Å². The van der Waals surface area contributed by atoms with Gasteiger partial charge < -0.3 is 5.73 Å². The van der Waals surface area contributed by atoms with Gasteiger partial charge >= 0.3 is 0 Å². The molecule has 1 aliphatic carbocycles. The van der Waals surface area contributed by atoms with Crippen LogP contribution in [0.25, 0.3) is 0 Å². The molecule has 0 aromatic carbocycles. The van der Waals surface area contributed by atoms with Crippen LogP contribution in [0.4, 0.5) is 0 Å². The summed E-state index contributed by atoms with van der Waals surface area (Å²) in [4.78, 5) is 5.04. The van der Waals surface area contributed by atoms with Crippen LogP contribution in [0.1, 0.15) is 35.6 Å². The lowest BCUT2D eigenvalue weighted by Gasteiger charge is -2.23. The van der Waals surface area contributed by atoms with Crippen LogP contribution in [0.15, 0.2) is 12.3 Å². The molecule has 0 aliphatic heterocycles. The van der Waals surface area contributed by atoms with Crippen LogP contribution < -0.4 is 5.73 Å². The summed E-state index contributed by atoms with van der Waals surface area (Å²) in [6, 6.07) is 2.20. The van der Waals surface area contributed by atoms with Gasteiger partial charge in [0.2, 0.25) is 0 Å². The molecule has 0 radical (unpaired) electrons. The maximum Gasteiger partial charge on any atom is 0.0819 e. The van der Waals surface area contributed by atoms with Crippen LogP contribution in [0.5, 0.6) is 0 Å². The van der Waals surface area contributed by atoms with E-state index in [4.69, 9.17) is 18.0 Å². The fourth-order valence-corrected chi connectivity index (χ4v) is 2.29. The van der Waals surface area contributed by atoms with E-state index in [9.17, 15) is 0 Å². The number of hydrogen-bond donors (Lipinski definition) is 1. The van der Waals surface area contributed by atoms with Crippen molar-refractivity contribution in [2.24, 2.45) is 5.73 Å². The minimum atomic E-state index is 0. The number of aryl methyl sites for hydroxylation is 2. The minimum Gasteiger partial charge on any atom is -0.393 e. The Morgan fingerprint density at radius 2 is 2.33 bits per heavy atom. The molecule has 0 bridgehead atoms.